The maximum Gasteiger partial charge on any atom is 0.459 e. The predicted octanol–water partition coefficient (Wildman–Crippen LogP) is 4.46. The van der Waals surface area contributed by atoms with Crippen LogP contribution in [-0.4, -0.2) is 36.6 Å². The first-order valence-electron chi connectivity index (χ1n) is 9.70. The first kappa shape index (κ1) is 20.8. The average molecular weight is 376 g/mol. The van der Waals surface area contributed by atoms with Gasteiger partial charge >= 0.3 is 14.2 Å². The van der Waals surface area contributed by atoms with Gasteiger partial charge in [-0.2, -0.15) is 0 Å². The molecule has 0 unspecified atom stereocenters. The SMILES string of the molecule is CC1(C)OB(C(Cc2cccc(F)c2)B2OC(C)(C)C(C)(C)O2)OC1(C)C. The Morgan fingerprint density at radius 2 is 1.19 bits per heavy atom. The van der Waals surface area contributed by atoms with Crippen molar-refractivity contribution in [1.29, 1.82) is 0 Å². The number of halogens is 1. The minimum absolute atomic E-state index is 0.228. The molecule has 2 heterocycles. The average Bonchev–Trinajstić information content (AvgIpc) is 2.84. The van der Waals surface area contributed by atoms with E-state index in [4.69, 9.17) is 18.6 Å². The van der Waals surface area contributed by atoms with E-state index >= 15 is 0 Å². The van der Waals surface area contributed by atoms with Crippen molar-refractivity contribution in [2.75, 3.05) is 0 Å². The van der Waals surface area contributed by atoms with Crippen LogP contribution in [0.25, 0.3) is 0 Å². The highest BCUT2D eigenvalue weighted by Gasteiger charge is 2.61. The van der Waals surface area contributed by atoms with E-state index in [0.29, 0.717) is 6.42 Å². The van der Waals surface area contributed by atoms with E-state index in [0.717, 1.165) is 5.56 Å². The van der Waals surface area contributed by atoms with Crippen molar-refractivity contribution < 1.29 is 23.0 Å². The van der Waals surface area contributed by atoms with E-state index in [1.807, 2.05) is 61.5 Å². The van der Waals surface area contributed by atoms with E-state index in [2.05, 4.69) is 0 Å². The fourth-order valence-corrected chi connectivity index (χ4v) is 3.38. The molecule has 0 aliphatic carbocycles. The highest BCUT2D eigenvalue weighted by Crippen LogP contribution is 2.46. The van der Waals surface area contributed by atoms with Crippen molar-refractivity contribution >= 4 is 14.2 Å². The fraction of sp³-hybridized carbons (Fsp3) is 0.700. The second kappa shape index (κ2) is 6.58. The number of hydrogen-bond acceptors (Lipinski definition) is 4. The maximum atomic E-state index is 13.7. The molecule has 0 saturated carbocycles. The third-order valence-corrected chi connectivity index (χ3v) is 6.60. The van der Waals surface area contributed by atoms with Crippen LogP contribution in [0, 0.1) is 5.82 Å². The lowest BCUT2D eigenvalue weighted by molar-refractivity contribution is 0.00578. The van der Waals surface area contributed by atoms with Gasteiger partial charge in [-0.05, 0) is 79.5 Å². The van der Waals surface area contributed by atoms with Crippen LogP contribution in [0.2, 0.25) is 5.72 Å². The first-order valence-corrected chi connectivity index (χ1v) is 9.70. The molecule has 1 aromatic rings. The highest BCUT2D eigenvalue weighted by molar-refractivity contribution is 6.68. The lowest BCUT2D eigenvalue weighted by Crippen LogP contribution is -2.41. The molecule has 0 atom stereocenters. The van der Waals surface area contributed by atoms with Crippen LogP contribution in [0.1, 0.15) is 61.0 Å². The lowest BCUT2D eigenvalue weighted by Gasteiger charge is -2.32. The van der Waals surface area contributed by atoms with Crippen molar-refractivity contribution in [3.05, 3.63) is 35.6 Å². The number of benzene rings is 1. The third kappa shape index (κ3) is 3.84. The second-order valence-electron chi connectivity index (χ2n) is 9.75. The molecule has 2 fully saturated rings. The zero-order valence-corrected chi connectivity index (χ0v) is 17.8. The number of rotatable bonds is 4. The Morgan fingerprint density at radius 3 is 1.56 bits per heavy atom. The van der Waals surface area contributed by atoms with Crippen molar-refractivity contribution in [1.82, 2.24) is 0 Å². The van der Waals surface area contributed by atoms with Gasteiger partial charge in [-0.15, -0.1) is 0 Å². The predicted molar refractivity (Wildman–Crippen MR) is 106 cm³/mol. The molecule has 2 aliphatic heterocycles. The summed E-state index contributed by atoms with van der Waals surface area (Å²) in [6.45, 7) is 16.2. The van der Waals surface area contributed by atoms with Crippen LogP contribution in [0.15, 0.2) is 24.3 Å². The van der Waals surface area contributed by atoms with E-state index in [9.17, 15) is 4.39 Å². The Labute approximate surface area is 163 Å². The maximum absolute atomic E-state index is 13.7. The molecular formula is C20H31B2FO4. The molecule has 4 nitrogen and oxygen atoms in total. The smallest absolute Gasteiger partial charge is 0.403 e. The molecule has 2 saturated heterocycles. The van der Waals surface area contributed by atoms with Gasteiger partial charge in [0.25, 0.3) is 0 Å². The van der Waals surface area contributed by atoms with Gasteiger partial charge in [0.05, 0.1) is 22.4 Å². The van der Waals surface area contributed by atoms with E-state index in [1.165, 1.54) is 6.07 Å². The molecule has 2 aliphatic rings. The summed E-state index contributed by atoms with van der Waals surface area (Å²) in [5.41, 5.74) is -1.19. The summed E-state index contributed by atoms with van der Waals surface area (Å²) in [6.07, 6.45) is 0.533. The summed E-state index contributed by atoms with van der Waals surface area (Å²) >= 11 is 0. The monoisotopic (exact) mass is 376 g/mol. The minimum atomic E-state index is -0.507. The van der Waals surface area contributed by atoms with Gasteiger partial charge in [-0.3, -0.25) is 0 Å². The van der Waals surface area contributed by atoms with E-state index in [-0.39, 0.29) is 11.5 Å². The van der Waals surface area contributed by atoms with Crippen LogP contribution in [-0.2, 0) is 25.0 Å². The third-order valence-electron chi connectivity index (χ3n) is 6.60. The molecule has 0 spiro atoms. The van der Waals surface area contributed by atoms with Gasteiger partial charge in [0.2, 0.25) is 0 Å². The number of hydrogen-bond donors (Lipinski definition) is 0. The van der Waals surface area contributed by atoms with Crippen LogP contribution >= 0.6 is 0 Å². The van der Waals surface area contributed by atoms with Crippen LogP contribution in [0.3, 0.4) is 0 Å². The molecule has 27 heavy (non-hydrogen) atoms. The Morgan fingerprint density at radius 1 is 0.778 bits per heavy atom. The lowest BCUT2D eigenvalue weighted by atomic mass is 9.49. The summed E-state index contributed by atoms with van der Waals surface area (Å²) < 4.78 is 38.9. The second-order valence-corrected chi connectivity index (χ2v) is 9.75. The van der Waals surface area contributed by atoms with Gasteiger partial charge in [-0.1, -0.05) is 12.1 Å². The highest BCUT2D eigenvalue weighted by atomic mass is 19.1. The molecule has 148 valence electrons. The van der Waals surface area contributed by atoms with Gasteiger partial charge in [0, 0.05) is 5.72 Å². The molecule has 0 N–H and O–H groups in total. The Hall–Kier alpha value is -0.880. The summed E-state index contributed by atoms with van der Waals surface area (Å²) in [7, 11) is -1.01. The summed E-state index contributed by atoms with van der Waals surface area (Å²) in [5.74, 6) is -0.255. The van der Waals surface area contributed by atoms with Gasteiger partial charge < -0.3 is 18.6 Å². The van der Waals surface area contributed by atoms with Crippen molar-refractivity contribution in [2.45, 2.75) is 89.9 Å². The molecule has 0 radical (unpaired) electrons. The van der Waals surface area contributed by atoms with Gasteiger partial charge in [0.15, 0.2) is 0 Å². The van der Waals surface area contributed by atoms with E-state index < -0.39 is 36.6 Å². The molecular weight excluding hydrogens is 345 g/mol. The largest absolute Gasteiger partial charge is 0.459 e. The van der Waals surface area contributed by atoms with Gasteiger partial charge in [0.1, 0.15) is 5.82 Å². The Bertz CT molecular complexity index is 637. The summed E-state index contributed by atoms with van der Waals surface area (Å²) in [5, 5.41) is 0. The van der Waals surface area contributed by atoms with Crippen molar-refractivity contribution in [3.8, 4) is 0 Å². The quantitative estimate of drug-likeness (QED) is 0.728. The topological polar surface area (TPSA) is 36.9 Å². The molecule has 0 amide bonds. The van der Waals surface area contributed by atoms with Gasteiger partial charge in [-0.25, -0.2) is 4.39 Å². The zero-order valence-electron chi connectivity index (χ0n) is 17.8. The van der Waals surface area contributed by atoms with Crippen LogP contribution < -0.4 is 0 Å². The molecule has 0 aromatic heterocycles. The normalized spacial score (nSPS) is 25.4. The minimum Gasteiger partial charge on any atom is -0.403 e. The first-order chi connectivity index (χ1) is 12.2. The molecule has 1 aromatic carbocycles. The molecule has 3 rings (SSSR count). The van der Waals surface area contributed by atoms with Crippen molar-refractivity contribution in [2.24, 2.45) is 0 Å². The fourth-order valence-electron chi connectivity index (χ4n) is 3.38. The molecule has 7 heteroatoms. The Balaban J connectivity index is 1.91. The van der Waals surface area contributed by atoms with Crippen molar-refractivity contribution in [3.63, 3.8) is 0 Å². The molecule has 0 bridgehead atoms. The van der Waals surface area contributed by atoms with E-state index in [1.54, 1.807) is 12.1 Å². The van der Waals surface area contributed by atoms with Crippen LogP contribution in [0.4, 0.5) is 4.39 Å². The zero-order chi connectivity index (χ0) is 20.3. The summed E-state index contributed by atoms with van der Waals surface area (Å²) in [6, 6.07) is 6.62. The van der Waals surface area contributed by atoms with Crippen LogP contribution in [0.5, 0.6) is 0 Å². The summed E-state index contributed by atoms with van der Waals surface area (Å²) in [4.78, 5) is 0. The standard InChI is InChI=1S/C20H31B2FO4/c1-17(2)18(3,4)25-21(24-17)16(13-14-10-9-11-15(23)12-14)22-26-19(5,6)20(7,8)27-22/h9-12,16H,13H2,1-8H3. The Kier molecular flexibility index (Phi) is 5.08.